The Morgan fingerprint density at radius 3 is 2.13 bits per heavy atom. The van der Waals surface area contributed by atoms with E-state index in [9.17, 15) is 44.4 Å². The summed E-state index contributed by atoms with van der Waals surface area (Å²) in [4.78, 5) is 85.6. The van der Waals surface area contributed by atoms with E-state index in [2.05, 4.69) is 50.3 Å². The van der Waals surface area contributed by atoms with E-state index >= 15 is 4.79 Å². The lowest BCUT2D eigenvalue weighted by Crippen LogP contribution is -2.82. The van der Waals surface area contributed by atoms with Crippen LogP contribution in [0.3, 0.4) is 0 Å². The van der Waals surface area contributed by atoms with Crippen molar-refractivity contribution in [3.63, 3.8) is 0 Å². The third-order valence-electron chi connectivity index (χ3n) is 21.5. The highest BCUT2D eigenvalue weighted by Gasteiger charge is 2.78. The molecule has 0 aromatic heterocycles. The molecular formula is C72H88N2O16. The van der Waals surface area contributed by atoms with E-state index in [1.54, 1.807) is 98.3 Å². The maximum Gasteiger partial charge on any atom is 0.338 e. The molecular weight excluding hydrogens is 1150 g/mol. The molecule has 11 rings (SSSR count). The van der Waals surface area contributed by atoms with Gasteiger partial charge in [0.15, 0.2) is 23.6 Å². The number of hydrogen-bond donors (Lipinski definition) is 5. The summed E-state index contributed by atoms with van der Waals surface area (Å²) in [6.07, 6.45) is -1.84. The number of phenols is 1. The Hall–Kier alpha value is -7.06. The SMILES string of the molecule is CC(=O)O[C@H]1C(=O)[C@@]2(C)[C@H]([C@H](OC(=O)c3ccccc3)[C@]3(O)C[C@H](OC(=O)[C@H](O)[C@@H](NC(=O)c4ccccc4)c4ccccc4)C(C)=C1C3(C)C)[C@]1(OC(C)=O)CO[C@@H]1C[C@@H]2O.C[C@@H]1Cc2cc(O)ccc2[C@H]2CC[C@]3(C)/C(=C/COCCN(C)C)CC[C@H]3[C@H]12. The first-order valence-electron chi connectivity index (χ1n) is 31.6. The summed E-state index contributed by atoms with van der Waals surface area (Å²) in [7, 11) is 4.18. The number of phenolic OH excluding ortho intramolecular Hbond substituents is 1. The average Bonchev–Trinajstić information content (AvgIpc) is 0.766. The van der Waals surface area contributed by atoms with E-state index in [4.69, 9.17) is 28.4 Å². The zero-order chi connectivity index (χ0) is 64.8. The number of aliphatic hydroxyl groups excluding tert-OH is 2. The number of nitrogens with one attached hydrogen (secondary N) is 1. The normalized spacial score (nSPS) is 33.0. The molecule has 482 valence electrons. The van der Waals surface area contributed by atoms with Crippen molar-refractivity contribution in [1.29, 1.82) is 0 Å². The Morgan fingerprint density at radius 1 is 0.856 bits per heavy atom. The van der Waals surface area contributed by atoms with E-state index in [1.807, 2.05) is 12.1 Å². The molecule has 1 saturated heterocycles. The Kier molecular flexibility index (Phi) is 19.0. The Morgan fingerprint density at radius 2 is 1.51 bits per heavy atom. The molecule has 0 radical (unpaired) electrons. The fraction of sp³-hybridized carbons (Fsp3) is 0.528. The van der Waals surface area contributed by atoms with E-state index in [-0.39, 0.29) is 35.3 Å². The van der Waals surface area contributed by atoms with Gasteiger partial charge in [-0.3, -0.25) is 19.2 Å². The van der Waals surface area contributed by atoms with Gasteiger partial charge in [-0.05, 0) is 153 Å². The third-order valence-corrected chi connectivity index (χ3v) is 21.5. The maximum absolute atomic E-state index is 15.5. The number of nitrogens with zero attached hydrogens (tertiary/aromatic N) is 1. The number of Topliss-reactive ketones (excluding diaryl/α,β-unsaturated/α-hetero) is 1. The number of carbonyl (C=O) groups is 6. The van der Waals surface area contributed by atoms with Crippen molar-refractivity contribution < 1.29 is 77.6 Å². The number of amides is 1. The number of hydrogen-bond acceptors (Lipinski definition) is 17. The Bertz CT molecular complexity index is 3410. The van der Waals surface area contributed by atoms with Gasteiger partial charge < -0.3 is 59.1 Å². The zero-order valence-electron chi connectivity index (χ0n) is 53.3. The van der Waals surface area contributed by atoms with E-state index in [0.717, 1.165) is 51.9 Å². The molecule has 6 aliphatic carbocycles. The predicted molar refractivity (Wildman–Crippen MR) is 332 cm³/mol. The van der Waals surface area contributed by atoms with Crippen LogP contribution in [0.5, 0.6) is 5.75 Å². The molecule has 4 aromatic carbocycles. The number of carbonyl (C=O) groups excluding carboxylic acids is 6. The highest BCUT2D eigenvalue weighted by molar-refractivity contribution is 5.96. The molecule has 5 fully saturated rings. The van der Waals surface area contributed by atoms with E-state index < -0.39 is 113 Å². The minimum Gasteiger partial charge on any atom is -0.508 e. The van der Waals surface area contributed by atoms with Gasteiger partial charge in [-0.2, -0.15) is 0 Å². The van der Waals surface area contributed by atoms with Gasteiger partial charge in [0.05, 0.1) is 48.9 Å². The fourth-order valence-corrected chi connectivity index (χ4v) is 16.8. The number of benzene rings is 4. The molecule has 2 bridgehead atoms. The number of rotatable bonds is 15. The third kappa shape index (κ3) is 12.0. The van der Waals surface area contributed by atoms with Crippen molar-refractivity contribution in [3.05, 3.63) is 160 Å². The molecule has 1 heterocycles. The number of allylic oxidation sites excluding steroid dienone is 1. The number of ketones is 1. The number of aliphatic hydroxyl groups is 3. The molecule has 1 aliphatic heterocycles. The standard InChI is InChI=1S/C47H51NO14.C25H37NO2/c1-25-31(60-43(56)36(52)35(28-16-10-7-11-17-28)48-41(54)29-18-12-8-13-19-29)23-47(57)40(61-42(55)30-20-14-9-15-21-30)38-45(6,32(51)22-33-46(38,24-58-33)62-27(3)50)39(53)37(59-26(2)49)34(25)44(47,4)5;1-17-15-18-16-20(27)6-7-21(18)22-9-11-25(2)19(5-8-23(25)24(17)22)10-13-28-14-12-26(3)4/h7-21,31-33,35-38,40,51-52,57H,22-24H2,1-6H3,(H,48,54);6-7,10,16-17,22-24,27H,5,8-9,11-15H2,1-4H3/b;19-10+/t31-,32-,33+,35-,36+,37+,38-,40-,45+,46-,47+;17-,22-,23+,24-,25-/m01/s1. The summed E-state index contributed by atoms with van der Waals surface area (Å²) in [5.74, 6) is -3.49. The van der Waals surface area contributed by atoms with Crippen molar-refractivity contribution in [1.82, 2.24) is 10.2 Å². The topological polar surface area (TPSA) is 254 Å². The molecule has 16 atom stereocenters. The maximum atomic E-state index is 15.5. The predicted octanol–water partition coefficient (Wildman–Crippen LogP) is 8.73. The summed E-state index contributed by atoms with van der Waals surface area (Å²) in [5.41, 5.74) is -2.10. The van der Waals surface area contributed by atoms with Crippen molar-refractivity contribution in [2.75, 3.05) is 40.5 Å². The molecule has 4 aromatic rings. The number of fused-ring (bicyclic) bond motifs is 10. The quantitative estimate of drug-likeness (QED) is 0.0323. The van der Waals surface area contributed by atoms with Gasteiger partial charge in [-0.25, -0.2) is 9.59 Å². The number of ether oxygens (including phenoxy) is 6. The lowest BCUT2D eigenvalue weighted by atomic mass is 9.44. The average molecular weight is 1240 g/mol. The lowest BCUT2D eigenvalue weighted by Gasteiger charge is -2.67. The zero-order valence-corrected chi connectivity index (χ0v) is 53.3. The first-order valence-corrected chi connectivity index (χ1v) is 31.6. The summed E-state index contributed by atoms with van der Waals surface area (Å²) < 4.78 is 36.1. The van der Waals surface area contributed by atoms with Crippen LogP contribution in [-0.4, -0.2) is 149 Å². The van der Waals surface area contributed by atoms with Crippen LogP contribution >= 0.6 is 0 Å². The summed E-state index contributed by atoms with van der Waals surface area (Å²) in [6.45, 7) is 15.5. The first kappa shape index (κ1) is 65.9. The van der Waals surface area contributed by atoms with Crippen LogP contribution in [-0.2, 0) is 54.0 Å². The van der Waals surface area contributed by atoms with Crippen molar-refractivity contribution in [3.8, 4) is 5.75 Å². The van der Waals surface area contributed by atoms with Gasteiger partial charge in [-0.1, -0.05) is 112 Å². The van der Waals surface area contributed by atoms with Crippen LogP contribution in [0.25, 0.3) is 0 Å². The number of likely N-dealkylation sites (N-methyl/N-ethyl adjacent to an activating group) is 1. The van der Waals surface area contributed by atoms with Crippen LogP contribution in [0.1, 0.15) is 143 Å². The van der Waals surface area contributed by atoms with Gasteiger partial charge in [-0.15, -0.1) is 0 Å². The van der Waals surface area contributed by atoms with Crippen molar-refractivity contribution >= 4 is 35.6 Å². The molecule has 18 nitrogen and oxygen atoms in total. The van der Waals surface area contributed by atoms with E-state index in [1.165, 1.54) is 62.8 Å². The molecule has 0 spiro atoms. The smallest absolute Gasteiger partial charge is 0.338 e. The lowest BCUT2D eigenvalue weighted by molar-refractivity contribution is -0.346. The van der Waals surface area contributed by atoms with Crippen LogP contribution < -0.4 is 5.32 Å². The Labute approximate surface area is 527 Å². The minimum atomic E-state index is -2.39. The molecule has 5 N–H and O–H groups in total. The van der Waals surface area contributed by atoms with E-state index in [0.29, 0.717) is 28.6 Å². The minimum absolute atomic E-state index is 0.00289. The largest absolute Gasteiger partial charge is 0.508 e. The van der Waals surface area contributed by atoms with Crippen molar-refractivity contribution in [2.24, 2.45) is 39.9 Å². The molecule has 90 heavy (non-hydrogen) atoms. The fourth-order valence-electron chi connectivity index (χ4n) is 16.8. The van der Waals surface area contributed by atoms with Crippen LogP contribution in [0.2, 0.25) is 0 Å². The van der Waals surface area contributed by atoms with Gasteiger partial charge >= 0.3 is 23.9 Å². The Balaban J connectivity index is 0.000000264. The van der Waals surface area contributed by atoms with Crippen LogP contribution in [0.15, 0.2) is 132 Å². The van der Waals surface area contributed by atoms with Crippen LogP contribution in [0, 0.1) is 39.9 Å². The molecule has 0 unspecified atom stereocenters. The summed E-state index contributed by atoms with van der Waals surface area (Å²) in [5, 5.41) is 50.2. The monoisotopic (exact) mass is 1240 g/mol. The number of aromatic hydroxyl groups is 1. The summed E-state index contributed by atoms with van der Waals surface area (Å²) in [6, 6.07) is 29.1. The number of esters is 4. The van der Waals surface area contributed by atoms with Crippen LogP contribution in [0.4, 0.5) is 0 Å². The molecule has 1 amide bonds. The second kappa shape index (κ2) is 25.9. The van der Waals surface area contributed by atoms with Gasteiger partial charge in [0.1, 0.15) is 29.7 Å². The molecule has 18 heteroatoms. The summed E-state index contributed by atoms with van der Waals surface area (Å²) >= 11 is 0. The second-order valence-corrected chi connectivity index (χ2v) is 27.3. The second-order valence-electron chi connectivity index (χ2n) is 27.3. The van der Waals surface area contributed by atoms with Gasteiger partial charge in [0.2, 0.25) is 0 Å². The first-order chi connectivity index (χ1) is 42.7. The molecule has 4 saturated carbocycles. The van der Waals surface area contributed by atoms with Gasteiger partial charge in [0, 0.05) is 44.2 Å². The van der Waals surface area contributed by atoms with Gasteiger partial charge in [0.25, 0.3) is 5.91 Å². The van der Waals surface area contributed by atoms with Crippen molar-refractivity contribution in [2.45, 2.75) is 160 Å². The molecule has 7 aliphatic rings. The highest BCUT2D eigenvalue weighted by Crippen LogP contribution is 2.66. The highest BCUT2D eigenvalue weighted by atomic mass is 16.6.